The van der Waals surface area contributed by atoms with E-state index in [0.717, 1.165) is 4.57 Å². The Balaban J connectivity index is 2.35. The lowest BCUT2D eigenvalue weighted by Crippen LogP contribution is -2.33. The molecule has 1 aromatic heterocycles. The maximum Gasteiger partial charge on any atom is 0.351 e. The van der Waals surface area contributed by atoms with Crippen molar-refractivity contribution < 1.29 is 14.9 Å². The Morgan fingerprint density at radius 3 is 2.89 bits per heavy atom. The third-order valence-corrected chi connectivity index (χ3v) is 2.83. The molecule has 1 aromatic rings. The predicted molar refractivity (Wildman–Crippen MR) is 59.0 cm³/mol. The molecule has 4 N–H and O–H groups in total. The van der Waals surface area contributed by atoms with Gasteiger partial charge in [-0.3, -0.25) is 4.57 Å². The molecule has 8 nitrogen and oxygen atoms in total. The molecule has 1 saturated heterocycles. The van der Waals surface area contributed by atoms with Gasteiger partial charge in [0, 0.05) is 6.20 Å². The van der Waals surface area contributed by atoms with E-state index >= 15 is 0 Å². The highest BCUT2D eigenvalue weighted by Gasteiger charge is 2.44. The van der Waals surface area contributed by atoms with Crippen LogP contribution in [0.15, 0.2) is 17.1 Å². The SMILES string of the molecule is N#C[C@H]1[C@@H](O)[C@H](n2ccc(N)nc2=O)O[C@@H]1CO. The molecule has 0 bridgehead atoms. The number of aromatic nitrogens is 2. The summed E-state index contributed by atoms with van der Waals surface area (Å²) in [7, 11) is 0. The normalized spacial score (nSPS) is 31.2. The predicted octanol–water partition coefficient (Wildman–Crippen LogP) is -1.78. The molecule has 0 saturated carbocycles. The Hall–Kier alpha value is -1.95. The Morgan fingerprint density at radius 1 is 1.67 bits per heavy atom. The smallest absolute Gasteiger partial charge is 0.351 e. The van der Waals surface area contributed by atoms with Crippen molar-refractivity contribution >= 4 is 5.82 Å². The number of rotatable bonds is 2. The van der Waals surface area contributed by atoms with Crippen LogP contribution >= 0.6 is 0 Å². The van der Waals surface area contributed by atoms with Gasteiger partial charge in [0.1, 0.15) is 23.9 Å². The average Bonchev–Trinajstić information content (AvgIpc) is 2.66. The summed E-state index contributed by atoms with van der Waals surface area (Å²) < 4.78 is 6.34. The number of aliphatic hydroxyl groups is 2. The summed E-state index contributed by atoms with van der Waals surface area (Å²) in [5.74, 6) is -0.844. The van der Waals surface area contributed by atoms with Crippen molar-refractivity contribution in [2.24, 2.45) is 5.92 Å². The van der Waals surface area contributed by atoms with Gasteiger partial charge in [0.15, 0.2) is 6.23 Å². The molecule has 2 heterocycles. The number of nitrogens with zero attached hydrogens (tertiary/aromatic N) is 3. The third kappa shape index (κ3) is 1.95. The van der Waals surface area contributed by atoms with E-state index in [9.17, 15) is 9.90 Å². The first-order valence-corrected chi connectivity index (χ1v) is 5.27. The second-order valence-electron chi connectivity index (χ2n) is 3.94. The van der Waals surface area contributed by atoms with E-state index in [0.29, 0.717) is 0 Å². The van der Waals surface area contributed by atoms with Crippen LogP contribution in [0.1, 0.15) is 6.23 Å². The largest absolute Gasteiger partial charge is 0.394 e. The van der Waals surface area contributed by atoms with Gasteiger partial charge in [0.05, 0.1) is 12.7 Å². The zero-order valence-corrected chi connectivity index (χ0v) is 9.30. The van der Waals surface area contributed by atoms with Crippen molar-refractivity contribution in [1.82, 2.24) is 9.55 Å². The molecule has 96 valence electrons. The summed E-state index contributed by atoms with van der Waals surface area (Å²) in [6, 6.07) is 3.23. The molecule has 1 aliphatic heterocycles. The fourth-order valence-corrected chi connectivity index (χ4v) is 1.91. The highest BCUT2D eigenvalue weighted by molar-refractivity contribution is 5.23. The second-order valence-corrected chi connectivity index (χ2v) is 3.94. The molecule has 8 heteroatoms. The highest BCUT2D eigenvalue weighted by Crippen LogP contribution is 2.32. The Morgan fingerprint density at radius 2 is 2.39 bits per heavy atom. The Kier molecular flexibility index (Phi) is 3.29. The summed E-state index contributed by atoms with van der Waals surface area (Å²) in [4.78, 5) is 15.1. The van der Waals surface area contributed by atoms with Crippen molar-refractivity contribution in [1.29, 1.82) is 5.26 Å². The number of nitriles is 1. The van der Waals surface area contributed by atoms with Gasteiger partial charge in [-0.15, -0.1) is 0 Å². The van der Waals surface area contributed by atoms with Crippen molar-refractivity contribution in [2.75, 3.05) is 12.3 Å². The Labute approximate surface area is 102 Å². The number of hydrogen-bond donors (Lipinski definition) is 3. The molecule has 0 aliphatic carbocycles. The van der Waals surface area contributed by atoms with Crippen molar-refractivity contribution in [3.63, 3.8) is 0 Å². The molecular formula is C10H12N4O4. The van der Waals surface area contributed by atoms with Crippen molar-refractivity contribution in [3.8, 4) is 6.07 Å². The van der Waals surface area contributed by atoms with Crippen LogP contribution in [0.5, 0.6) is 0 Å². The first kappa shape index (κ1) is 12.5. The van der Waals surface area contributed by atoms with Crippen LogP contribution < -0.4 is 11.4 Å². The van der Waals surface area contributed by atoms with Gasteiger partial charge in [-0.25, -0.2) is 4.79 Å². The number of anilines is 1. The van der Waals surface area contributed by atoms with E-state index in [1.807, 2.05) is 6.07 Å². The van der Waals surface area contributed by atoms with Gasteiger partial charge < -0.3 is 20.7 Å². The fourth-order valence-electron chi connectivity index (χ4n) is 1.91. The second kappa shape index (κ2) is 4.73. The minimum Gasteiger partial charge on any atom is -0.394 e. The van der Waals surface area contributed by atoms with E-state index in [-0.39, 0.29) is 5.82 Å². The molecule has 0 amide bonds. The lowest BCUT2D eigenvalue weighted by molar-refractivity contribution is -0.0532. The van der Waals surface area contributed by atoms with Crippen molar-refractivity contribution in [2.45, 2.75) is 18.4 Å². The van der Waals surface area contributed by atoms with E-state index in [4.69, 9.17) is 20.8 Å². The monoisotopic (exact) mass is 252 g/mol. The number of ether oxygens (including phenoxy) is 1. The molecule has 1 fully saturated rings. The summed E-state index contributed by atoms with van der Waals surface area (Å²) >= 11 is 0. The quantitative estimate of drug-likeness (QED) is 0.566. The lowest BCUT2D eigenvalue weighted by Gasteiger charge is -2.16. The van der Waals surface area contributed by atoms with Crippen LogP contribution in [0, 0.1) is 17.2 Å². The fraction of sp³-hybridized carbons (Fsp3) is 0.500. The standard InChI is InChI=1S/C10H12N4O4/c11-3-5-6(4-15)18-9(8(5)16)14-2-1-7(12)13-10(14)17/h1-2,5-6,8-9,15-16H,4H2,(H2,12,13,17)/t5-,6-,8-,9-/m1/s1. The molecule has 0 spiro atoms. The van der Waals surface area contributed by atoms with Crippen LogP contribution in [-0.4, -0.2) is 38.6 Å². The minimum absolute atomic E-state index is 0.0549. The number of nitrogens with two attached hydrogens (primary N) is 1. The molecule has 2 rings (SSSR count). The van der Waals surface area contributed by atoms with E-state index in [2.05, 4.69) is 4.98 Å². The maximum atomic E-state index is 11.6. The van der Waals surface area contributed by atoms with Crippen LogP contribution in [0.25, 0.3) is 0 Å². The van der Waals surface area contributed by atoms with Gasteiger partial charge in [0.25, 0.3) is 0 Å². The average molecular weight is 252 g/mol. The van der Waals surface area contributed by atoms with Crippen molar-refractivity contribution in [3.05, 3.63) is 22.7 Å². The van der Waals surface area contributed by atoms with Crippen LogP contribution in [0.3, 0.4) is 0 Å². The molecule has 0 unspecified atom stereocenters. The topological polar surface area (TPSA) is 134 Å². The number of hydrogen-bond acceptors (Lipinski definition) is 7. The number of aliphatic hydroxyl groups excluding tert-OH is 2. The zero-order chi connectivity index (χ0) is 13.3. The van der Waals surface area contributed by atoms with E-state index in [1.165, 1.54) is 12.3 Å². The zero-order valence-electron chi connectivity index (χ0n) is 9.30. The summed E-state index contributed by atoms with van der Waals surface area (Å²) in [5.41, 5.74) is 4.66. The molecule has 18 heavy (non-hydrogen) atoms. The summed E-state index contributed by atoms with van der Waals surface area (Å²) in [6.07, 6.45) is -1.77. The van der Waals surface area contributed by atoms with Gasteiger partial charge in [-0.05, 0) is 6.07 Å². The number of nitrogen functional groups attached to an aromatic ring is 1. The van der Waals surface area contributed by atoms with E-state index in [1.54, 1.807) is 0 Å². The minimum atomic E-state index is -1.21. The first-order chi connectivity index (χ1) is 8.58. The highest BCUT2D eigenvalue weighted by atomic mass is 16.5. The van der Waals surface area contributed by atoms with Gasteiger partial charge in [-0.1, -0.05) is 0 Å². The van der Waals surface area contributed by atoms with Gasteiger partial charge in [-0.2, -0.15) is 10.2 Å². The summed E-state index contributed by atoms with van der Waals surface area (Å²) in [6.45, 7) is -0.414. The van der Waals surface area contributed by atoms with Crippen LogP contribution in [0.2, 0.25) is 0 Å². The molecule has 0 aromatic carbocycles. The van der Waals surface area contributed by atoms with Crippen LogP contribution in [0.4, 0.5) is 5.82 Å². The van der Waals surface area contributed by atoms with E-state index < -0.39 is 36.7 Å². The lowest BCUT2D eigenvalue weighted by atomic mass is 10.0. The molecular weight excluding hydrogens is 240 g/mol. The first-order valence-electron chi connectivity index (χ1n) is 5.27. The third-order valence-electron chi connectivity index (χ3n) is 2.83. The van der Waals surface area contributed by atoms with Crippen LogP contribution in [-0.2, 0) is 4.74 Å². The van der Waals surface area contributed by atoms with Gasteiger partial charge >= 0.3 is 5.69 Å². The van der Waals surface area contributed by atoms with Gasteiger partial charge in [0.2, 0.25) is 0 Å². The maximum absolute atomic E-state index is 11.6. The molecule has 0 radical (unpaired) electrons. The molecule has 4 atom stereocenters. The summed E-state index contributed by atoms with van der Waals surface area (Å²) in [5, 5.41) is 27.9. The Bertz CT molecular complexity index is 537. The molecule has 1 aliphatic rings.